The Labute approximate surface area is 128 Å². The zero-order valence-electron chi connectivity index (χ0n) is 12.2. The molecular formula is C15H21N3O2S. The van der Waals surface area contributed by atoms with Gasteiger partial charge in [-0.25, -0.2) is 4.98 Å². The van der Waals surface area contributed by atoms with E-state index in [0.29, 0.717) is 11.1 Å². The molecule has 2 N–H and O–H groups in total. The number of hydrogen-bond acceptors (Lipinski definition) is 4. The van der Waals surface area contributed by atoms with Crippen molar-refractivity contribution in [3.63, 3.8) is 0 Å². The monoisotopic (exact) mass is 307 g/mol. The highest BCUT2D eigenvalue weighted by Gasteiger charge is 2.42. The van der Waals surface area contributed by atoms with Gasteiger partial charge >= 0.3 is 0 Å². The number of thioether (sulfide) groups is 1. The van der Waals surface area contributed by atoms with Crippen LogP contribution in [0.3, 0.4) is 0 Å². The summed E-state index contributed by atoms with van der Waals surface area (Å²) in [5.74, 6) is 2.66. The van der Waals surface area contributed by atoms with E-state index in [1.54, 1.807) is 0 Å². The van der Waals surface area contributed by atoms with E-state index in [-0.39, 0.29) is 23.3 Å². The molecular weight excluding hydrogens is 286 g/mol. The summed E-state index contributed by atoms with van der Waals surface area (Å²) < 4.78 is 0. The Morgan fingerprint density at radius 1 is 1.52 bits per heavy atom. The van der Waals surface area contributed by atoms with Crippen molar-refractivity contribution in [2.45, 2.75) is 43.8 Å². The summed E-state index contributed by atoms with van der Waals surface area (Å²) in [5.41, 5.74) is -0.191. The molecule has 4 atom stereocenters. The van der Waals surface area contributed by atoms with Crippen molar-refractivity contribution in [2.24, 2.45) is 17.8 Å². The number of H-pyrrole nitrogens is 1. The Kier molecular flexibility index (Phi) is 4.33. The number of carbonyl (C=O) groups excluding carboxylic acids is 1. The van der Waals surface area contributed by atoms with E-state index in [9.17, 15) is 9.59 Å². The van der Waals surface area contributed by atoms with Gasteiger partial charge in [-0.05, 0) is 43.9 Å². The molecule has 2 fully saturated rings. The smallest absolute Gasteiger partial charge is 0.251 e. The Morgan fingerprint density at radius 2 is 2.38 bits per heavy atom. The SMILES string of the molecule is C[C@H](NC(=O)CSc1nccc(=O)[nH]1)[C@H]1C[C@H]2CC[C@H]1C2. The largest absolute Gasteiger partial charge is 0.353 e. The summed E-state index contributed by atoms with van der Waals surface area (Å²) in [4.78, 5) is 29.8. The highest BCUT2D eigenvalue weighted by atomic mass is 32.2. The van der Waals surface area contributed by atoms with Crippen LogP contribution in [0.2, 0.25) is 0 Å². The van der Waals surface area contributed by atoms with Crippen LogP contribution in [-0.4, -0.2) is 27.7 Å². The van der Waals surface area contributed by atoms with Crippen LogP contribution in [0.15, 0.2) is 22.2 Å². The lowest BCUT2D eigenvalue weighted by Crippen LogP contribution is -2.40. The van der Waals surface area contributed by atoms with Crippen LogP contribution in [0.1, 0.15) is 32.6 Å². The van der Waals surface area contributed by atoms with E-state index in [0.717, 1.165) is 11.8 Å². The van der Waals surface area contributed by atoms with Crippen LogP contribution < -0.4 is 10.9 Å². The molecule has 5 nitrogen and oxygen atoms in total. The van der Waals surface area contributed by atoms with Gasteiger partial charge in [0.05, 0.1) is 5.75 Å². The van der Waals surface area contributed by atoms with Crippen LogP contribution in [0.4, 0.5) is 0 Å². The lowest BCUT2D eigenvalue weighted by atomic mass is 9.84. The fourth-order valence-corrected chi connectivity index (χ4v) is 4.53. The molecule has 0 saturated heterocycles. The van der Waals surface area contributed by atoms with Crippen molar-refractivity contribution in [1.29, 1.82) is 0 Å². The molecule has 1 aromatic rings. The second-order valence-corrected chi connectivity index (χ2v) is 7.19. The number of fused-ring (bicyclic) bond motifs is 2. The molecule has 21 heavy (non-hydrogen) atoms. The number of hydrogen-bond donors (Lipinski definition) is 2. The number of aromatic amines is 1. The number of amides is 1. The third kappa shape index (κ3) is 3.48. The molecule has 2 saturated carbocycles. The minimum atomic E-state index is -0.191. The lowest BCUT2D eigenvalue weighted by molar-refractivity contribution is -0.119. The first-order valence-corrected chi connectivity index (χ1v) is 8.58. The summed E-state index contributed by atoms with van der Waals surface area (Å²) >= 11 is 1.26. The second-order valence-electron chi connectivity index (χ2n) is 6.22. The molecule has 1 aromatic heterocycles. The van der Waals surface area contributed by atoms with Gasteiger partial charge in [-0.15, -0.1) is 0 Å². The molecule has 2 aliphatic carbocycles. The predicted octanol–water partition coefficient (Wildman–Crippen LogP) is 1.80. The summed E-state index contributed by atoms with van der Waals surface area (Å²) in [6, 6.07) is 1.61. The third-order valence-corrected chi connectivity index (χ3v) is 5.70. The Bertz CT molecular complexity index is 574. The summed E-state index contributed by atoms with van der Waals surface area (Å²) in [6.45, 7) is 2.12. The first kappa shape index (κ1) is 14.6. The van der Waals surface area contributed by atoms with Crippen molar-refractivity contribution in [2.75, 3.05) is 5.75 Å². The molecule has 1 heterocycles. The maximum atomic E-state index is 12.0. The molecule has 0 aliphatic heterocycles. The number of nitrogens with zero attached hydrogens (tertiary/aromatic N) is 1. The Morgan fingerprint density at radius 3 is 3.05 bits per heavy atom. The zero-order valence-corrected chi connectivity index (χ0v) is 13.0. The van der Waals surface area contributed by atoms with Crippen LogP contribution in [0.25, 0.3) is 0 Å². The van der Waals surface area contributed by atoms with Crippen LogP contribution in [0, 0.1) is 17.8 Å². The van der Waals surface area contributed by atoms with Crippen LogP contribution in [0.5, 0.6) is 0 Å². The second kappa shape index (κ2) is 6.22. The molecule has 0 unspecified atom stereocenters. The van der Waals surface area contributed by atoms with Gasteiger partial charge in [0.25, 0.3) is 5.56 Å². The molecule has 0 radical (unpaired) electrons. The van der Waals surface area contributed by atoms with E-state index >= 15 is 0 Å². The lowest BCUT2D eigenvalue weighted by Gasteiger charge is -2.28. The predicted molar refractivity (Wildman–Crippen MR) is 82.1 cm³/mol. The minimum absolute atomic E-state index is 0.0155. The van der Waals surface area contributed by atoms with Crippen molar-refractivity contribution in [3.8, 4) is 0 Å². The normalized spacial score (nSPS) is 28.5. The first-order valence-electron chi connectivity index (χ1n) is 7.59. The van der Waals surface area contributed by atoms with Crippen LogP contribution >= 0.6 is 11.8 Å². The average molecular weight is 307 g/mol. The number of rotatable bonds is 5. The van der Waals surface area contributed by atoms with Gasteiger partial charge in [-0.2, -0.15) is 0 Å². The van der Waals surface area contributed by atoms with E-state index < -0.39 is 0 Å². The van der Waals surface area contributed by atoms with Gasteiger partial charge in [0.2, 0.25) is 5.91 Å². The first-order chi connectivity index (χ1) is 10.1. The van der Waals surface area contributed by atoms with E-state index in [2.05, 4.69) is 22.2 Å². The van der Waals surface area contributed by atoms with E-state index in [1.165, 1.54) is 49.7 Å². The Balaban J connectivity index is 1.47. The number of aromatic nitrogens is 2. The average Bonchev–Trinajstić information content (AvgIpc) is 3.08. The third-order valence-electron chi connectivity index (χ3n) is 4.81. The highest BCUT2D eigenvalue weighted by molar-refractivity contribution is 7.99. The van der Waals surface area contributed by atoms with Gasteiger partial charge in [-0.3, -0.25) is 9.59 Å². The van der Waals surface area contributed by atoms with Gasteiger partial charge in [0.1, 0.15) is 0 Å². The quantitative estimate of drug-likeness (QED) is 0.642. The van der Waals surface area contributed by atoms with Crippen molar-refractivity contribution in [3.05, 3.63) is 22.6 Å². The molecule has 1 amide bonds. The van der Waals surface area contributed by atoms with Gasteiger partial charge < -0.3 is 10.3 Å². The summed E-state index contributed by atoms with van der Waals surface area (Å²) in [7, 11) is 0. The topological polar surface area (TPSA) is 74.8 Å². The zero-order chi connectivity index (χ0) is 14.8. The molecule has 6 heteroatoms. The minimum Gasteiger partial charge on any atom is -0.353 e. The number of carbonyl (C=O) groups is 1. The van der Waals surface area contributed by atoms with Crippen molar-refractivity contribution >= 4 is 17.7 Å². The fraction of sp³-hybridized carbons (Fsp3) is 0.667. The molecule has 114 valence electrons. The standard InChI is InChI=1S/C15H21N3O2S/c1-9(12-7-10-2-3-11(12)6-10)17-14(20)8-21-15-16-5-4-13(19)18-15/h4-5,9-12H,2-3,6-8H2,1H3,(H,17,20)(H,16,18,19)/t9-,10-,11-,12+/m0/s1. The molecule has 2 bridgehead atoms. The van der Waals surface area contributed by atoms with E-state index in [1.807, 2.05) is 0 Å². The van der Waals surface area contributed by atoms with Crippen LogP contribution in [-0.2, 0) is 4.79 Å². The Hall–Kier alpha value is -1.30. The van der Waals surface area contributed by atoms with Crippen molar-refractivity contribution < 1.29 is 4.79 Å². The highest BCUT2D eigenvalue weighted by Crippen LogP contribution is 2.49. The van der Waals surface area contributed by atoms with Gasteiger partial charge in [0, 0.05) is 18.3 Å². The summed E-state index contributed by atoms with van der Waals surface area (Å²) in [5, 5.41) is 3.60. The van der Waals surface area contributed by atoms with Gasteiger partial charge in [0.15, 0.2) is 5.16 Å². The fourth-order valence-electron chi connectivity index (χ4n) is 3.87. The molecule has 0 spiro atoms. The number of nitrogens with one attached hydrogen (secondary N) is 2. The van der Waals surface area contributed by atoms with Crippen molar-refractivity contribution in [1.82, 2.24) is 15.3 Å². The van der Waals surface area contributed by atoms with E-state index in [4.69, 9.17) is 0 Å². The maximum absolute atomic E-state index is 12.0. The molecule has 0 aromatic carbocycles. The maximum Gasteiger partial charge on any atom is 0.251 e. The summed E-state index contributed by atoms with van der Waals surface area (Å²) in [6.07, 6.45) is 6.79. The van der Waals surface area contributed by atoms with Gasteiger partial charge in [-0.1, -0.05) is 18.2 Å². The molecule has 2 aliphatic rings. The molecule has 3 rings (SSSR count).